The second-order valence-electron chi connectivity index (χ2n) is 4.14. The van der Waals surface area contributed by atoms with Crippen molar-refractivity contribution in [1.29, 1.82) is 0 Å². The van der Waals surface area contributed by atoms with Crippen LogP contribution in [-0.2, 0) is 0 Å². The summed E-state index contributed by atoms with van der Waals surface area (Å²) in [7, 11) is 9.77. The SMILES string of the molecule is CN(C)C(=O)NCC[N+](C)(C)C.[I-]. The van der Waals surface area contributed by atoms with Gasteiger partial charge in [-0.05, 0) is 0 Å². The van der Waals surface area contributed by atoms with E-state index in [0.29, 0.717) is 0 Å². The van der Waals surface area contributed by atoms with Gasteiger partial charge in [-0.25, -0.2) is 4.79 Å². The summed E-state index contributed by atoms with van der Waals surface area (Å²) in [4.78, 5) is 12.6. The van der Waals surface area contributed by atoms with Gasteiger partial charge in [-0.1, -0.05) is 0 Å². The molecule has 0 saturated heterocycles. The van der Waals surface area contributed by atoms with Crippen LogP contribution in [0.15, 0.2) is 0 Å². The number of likely N-dealkylation sites (N-methyl/N-ethyl adjacent to an activating group) is 1. The van der Waals surface area contributed by atoms with Crippen LogP contribution < -0.4 is 29.3 Å². The van der Waals surface area contributed by atoms with Gasteiger partial charge in [-0.15, -0.1) is 0 Å². The van der Waals surface area contributed by atoms with Crippen LogP contribution in [0.4, 0.5) is 4.79 Å². The molecule has 0 aliphatic heterocycles. The zero-order valence-corrected chi connectivity index (χ0v) is 11.3. The van der Waals surface area contributed by atoms with Gasteiger partial charge in [0.1, 0.15) is 0 Å². The third kappa shape index (κ3) is 9.88. The van der Waals surface area contributed by atoms with Gasteiger partial charge in [0.15, 0.2) is 0 Å². The van der Waals surface area contributed by atoms with Crippen molar-refractivity contribution in [3.8, 4) is 0 Å². The van der Waals surface area contributed by atoms with Gasteiger partial charge in [0, 0.05) is 14.1 Å². The highest BCUT2D eigenvalue weighted by Gasteiger charge is 2.07. The van der Waals surface area contributed by atoms with Crippen molar-refractivity contribution in [1.82, 2.24) is 10.2 Å². The molecule has 0 aliphatic rings. The summed E-state index contributed by atoms with van der Waals surface area (Å²) in [6, 6.07) is -0.0246. The summed E-state index contributed by atoms with van der Waals surface area (Å²) in [5.74, 6) is 0. The van der Waals surface area contributed by atoms with Gasteiger partial charge in [0.2, 0.25) is 0 Å². The molecule has 0 aliphatic carbocycles. The summed E-state index contributed by atoms with van der Waals surface area (Å²) >= 11 is 0. The van der Waals surface area contributed by atoms with E-state index >= 15 is 0 Å². The van der Waals surface area contributed by atoms with Gasteiger partial charge < -0.3 is 38.7 Å². The molecule has 0 heterocycles. The van der Waals surface area contributed by atoms with Gasteiger partial charge in [-0.2, -0.15) is 0 Å². The second-order valence-corrected chi connectivity index (χ2v) is 4.14. The predicted molar refractivity (Wildman–Crippen MR) is 50.0 cm³/mol. The zero-order valence-electron chi connectivity index (χ0n) is 9.09. The summed E-state index contributed by atoms with van der Waals surface area (Å²) in [6.07, 6.45) is 0. The molecule has 0 rings (SSSR count). The van der Waals surface area contributed by atoms with E-state index in [1.165, 1.54) is 4.90 Å². The summed E-state index contributed by atoms with van der Waals surface area (Å²) in [5, 5.41) is 2.81. The molecule has 0 fully saturated rings. The minimum absolute atomic E-state index is 0. The molecule has 5 heteroatoms. The maximum absolute atomic E-state index is 11.0. The predicted octanol–water partition coefficient (Wildman–Crippen LogP) is -3.03. The number of halogens is 1. The topological polar surface area (TPSA) is 32.3 Å². The zero-order chi connectivity index (χ0) is 9.78. The molecule has 0 radical (unpaired) electrons. The molecule has 0 bridgehead atoms. The molecule has 13 heavy (non-hydrogen) atoms. The lowest BCUT2D eigenvalue weighted by Crippen LogP contribution is -3.00. The molecular formula is C8H20IN3O. The van der Waals surface area contributed by atoms with Crippen molar-refractivity contribution < 1.29 is 33.3 Å². The Morgan fingerprint density at radius 2 is 1.77 bits per heavy atom. The molecule has 4 nitrogen and oxygen atoms in total. The Balaban J connectivity index is 0. The van der Waals surface area contributed by atoms with Crippen molar-refractivity contribution in [2.45, 2.75) is 0 Å². The number of hydrogen-bond donors (Lipinski definition) is 1. The maximum atomic E-state index is 11.0. The molecule has 0 unspecified atom stereocenters. The molecular weight excluding hydrogens is 281 g/mol. The average molecular weight is 301 g/mol. The molecule has 0 aromatic heterocycles. The first-order valence-electron chi connectivity index (χ1n) is 4.08. The van der Waals surface area contributed by atoms with E-state index in [9.17, 15) is 4.79 Å². The number of carbonyl (C=O) groups is 1. The van der Waals surface area contributed by atoms with E-state index in [-0.39, 0.29) is 30.0 Å². The molecule has 80 valence electrons. The Bertz CT molecular complexity index is 154. The summed E-state index contributed by atoms with van der Waals surface area (Å²) < 4.78 is 0.869. The molecule has 2 amide bonds. The standard InChI is InChI=1S/C8H19N3O.HI/c1-10(2)8(12)9-6-7-11(3,4)5;/h6-7H2,1-5H3;1H. The average Bonchev–Trinajstić information content (AvgIpc) is 1.84. The van der Waals surface area contributed by atoms with Crippen LogP contribution in [0.5, 0.6) is 0 Å². The number of nitrogens with zero attached hydrogens (tertiary/aromatic N) is 2. The van der Waals surface area contributed by atoms with E-state index in [1.54, 1.807) is 14.1 Å². The third-order valence-corrected chi connectivity index (χ3v) is 1.47. The molecule has 0 atom stereocenters. The fraction of sp³-hybridized carbons (Fsp3) is 0.875. The van der Waals surface area contributed by atoms with Crippen LogP contribution in [0.1, 0.15) is 0 Å². The lowest BCUT2D eigenvalue weighted by Gasteiger charge is -2.24. The van der Waals surface area contributed by atoms with Crippen molar-refractivity contribution in [2.24, 2.45) is 0 Å². The van der Waals surface area contributed by atoms with Gasteiger partial charge in [0.05, 0.1) is 34.2 Å². The maximum Gasteiger partial charge on any atom is 0.317 e. The lowest BCUT2D eigenvalue weighted by molar-refractivity contribution is -0.869. The van der Waals surface area contributed by atoms with Crippen LogP contribution in [0, 0.1) is 0 Å². The Labute approximate surface area is 97.9 Å². The second kappa shape index (κ2) is 6.42. The van der Waals surface area contributed by atoms with Crippen LogP contribution in [0.25, 0.3) is 0 Å². The Morgan fingerprint density at radius 3 is 2.08 bits per heavy atom. The monoisotopic (exact) mass is 301 g/mol. The van der Waals surface area contributed by atoms with Crippen molar-refractivity contribution in [3.05, 3.63) is 0 Å². The molecule has 0 spiro atoms. The fourth-order valence-corrected chi connectivity index (χ4v) is 0.656. The smallest absolute Gasteiger partial charge is 0.317 e. The first-order chi connectivity index (χ1) is 5.33. The molecule has 0 aromatic carbocycles. The van der Waals surface area contributed by atoms with Crippen molar-refractivity contribution >= 4 is 6.03 Å². The summed E-state index contributed by atoms with van der Waals surface area (Å²) in [5.41, 5.74) is 0. The number of carbonyl (C=O) groups excluding carboxylic acids is 1. The highest BCUT2D eigenvalue weighted by atomic mass is 127. The van der Waals surface area contributed by atoms with E-state index in [4.69, 9.17) is 0 Å². The van der Waals surface area contributed by atoms with E-state index in [0.717, 1.165) is 17.6 Å². The number of quaternary nitrogens is 1. The fourth-order valence-electron chi connectivity index (χ4n) is 0.656. The summed E-state index contributed by atoms with van der Waals surface area (Å²) in [6.45, 7) is 1.67. The van der Waals surface area contributed by atoms with Crippen LogP contribution in [0.2, 0.25) is 0 Å². The number of nitrogens with one attached hydrogen (secondary N) is 1. The number of amides is 2. The van der Waals surface area contributed by atoms with Gasteiger partial charge in [0.25, 0.3) is 0 Å². The number of hydrogen-bond acceptors (Lipinski definition) is 1. The Kier molecular flexibility index (Phi) is 7.62. The minimum Gasteiger partial charge on any atom is -1.00 e. The lowest BCUT2D eigenvalue weighted by atomic mass is 10.5. The molecule has 0 saturated carbocycles. The molecule has 1 N–H and O–H groups in total. The van der Waals surface area contributed by atoms with Crippen LogP contribution in [0.3, 0.4) is 0 Å². The first kappa shape index (κ1) is 15.4. The van der Waals surface area contributed by atoms with Crippen LogP contribution >= 0.6 is 0 Å². The van der Waals surface area contributed by atoms with E-state index in [2.05, 4.69) is 26.5 Å². The number of rotatable bonds is 3. The largest absolute Gasteiger partial charge is 1.00 e. The van der Waals surface area contributed by atoms with Crippen molar-refractivity contribution in [2.75, 3.05) is 48.3 Å². The first-order valence-corrected chi connectivity index (χ1v) is 4.08. The van der Waals surface area contributed by atoms with Gasteiger partial charge in [-0.3, -0.25) is 0 Å². The van der Waals surface area contributed by atoms with E-state index < -0.39 is 0 Å². The van der Waals surface area contributed by atoms with Crippen LogP contribution in [-0.4, -0.2) is 63.7 Å². The third-order valence-electron chi connectivity index (χ3n) is 1.47. The van der Waals surface area contributed by atoms with E-state index in [1.807, 2.05) is 0 Å². The minimum atomic E-state index is -0.0246. The van der Waals surface area contributed by atoms with Crippen molar-refractivity contribution in [3.63, 3.8) is 0 Å². The highest BCUT2D eigenvalue weighted by Crippen LogP contribution is 1.86. The highest BCUT2D eigenvalue weighted by molar-refractivity contribution is 5.73. The quantitative estimate of drug-likeness (QED) is 0.436. The number of urea groups is 1. The van der Waals surface area contributed by atoms with Gasteiger partial charge >= 0.3 is 6.03 Å². The Hall–Kier alpha value is -0.0400. The molecule has 0 aromatic rings. The normalized spacial score (nSPS) is 10.2. The Morgan fingerprint density at radius 1 is 1.31 bits per heavy atom.